The third kappa shape index (κ3) is 2.46. The van der Waals surface area contributed by atoms with E-state index in [2.05, 4.69) is 13.2 Å². The van der Waals surface area contributed by atoms with E-state index in [1.54, 1.807) is 18.2 Å². The molecule has 0 saturated heterocycles. The van der Waals surface area contributed by atoms with Crippen LogP contribution in [0, 0.1) is 0 Å². The van der Waals surface area contributed by atoms with Crippen LogP contribution in [0.1, 0.15) is 5.56 Å². The number of hydrogen-bond acceptors (Lipinski definition) is 3. The van der Waals surface area contributed by atoms with E-state index >= 15 is 0 Å². The maximum Gasteiger partial charge on any atom is 0.112 e. The topological polar surface area (TPSA) is 60.7 Å². The van der Waals surface area contributed by atoms with Gasteiger partial charge in [0.2, 0.25) is 0 Å². The zero-order valence-corrected chi connectivity index (χ0v) is 8.37. The van der Waals surface area contributed by atoms with E-state index in [9.17, 15) is 0 Å². The zero-order valence-electron chi connectivity index (χ0n) is 7.55. The molecule has 1 aromatic carbocycles. The Bertz CT molecular complexity index is 366. The quantitative estimate of drug-likeness (QED) is 0.672. The van der Waals surface area contributed by atoms with Crippen LogP contribution >= 0.6 is 10.9 Å². The molecule has 76 valence electrons. The molecule has 3 N–H and O–H groups in total. The molecule has 1 rings (SSSR count). The van der Waals surface area contributed by atoms with Crippen LogP contribution in [0.15, 0.2) is 48.4 Å². The molecule has 0 aromatic heterocycles. The molecule has 0 atom stereocenters. The highest BCUT2D eigenvalue weighted by molar-refractivity contribution is 8.19. The number of benzene rings is 1. The molecule has 0 aliphatic rings. The highest BCUT2D eigenvalue weighted by atomic mass is 32.3. The molecule has 0 aliphatic carbocycles. The Morgan fingerprint density at radius 2 is 1.93 bits per heavy atom. The van der Waals surface area contributed by atoms with Crippen LogP contribution < -0.4 is 0 Å². The molecule has 0 saturated carbocycles. The Kier molecular flexibility index (Phi) is 3.13. The molecule has 0 radical (unpaired) electrons. The summed E-state index contributed by atoms with van der Waals surface area (Å²) in [5.74, 6) is 0. The lowest BCUT2D eigenvalue weighted by Gasteiger charge is -2.19. The average molecular weight is 212 g/mol. The van der Waals surface area contributed by atoms with Gasteiger partial charge in [0.1, 0.15) is 10.9 Å². The van der Waals surface area contributed by atoms with Gasteiger partial charge in [0, 0.05) is 0 Å². The predicted octanol–water partition coefficient (Wildman–Crippen LogP) is 3.47. The Labute approximate surface area is 84.6 Å². The Morgan fingerprint density at radius 1 is 1.29 bits per heavy atom. The molecule has 0 spiro atoms. The van der Waals surface area contributed by atoms with Crippen molar-refractivity contribution < 1.29 is 13.7 Å². The van der Waals surface area contributed by atoms with Crippen LogP contribution in [0.4, 0.5) is 0 Å². The molecule has 4 heteroatoms. The summed E-state index contributed by atoms with van der Waals surface area (Å²) in [6.07, 6.45) is 1.56. The number of hydrogen-bond donors (Lipinski definition) is 3. The molecule has 0 fully saturated rings. The molecule has 3 nitrogen and oxygen atoms in total. The van der Waals surface area contributed by atoms with Crippen molar-refractivity contribution in [3.05, 3.63) is 49.1 Å². The summed E-state index contributed by atoms with van der Waals surface area (Å²) in [7, 11) is -3.64. The normalized spacial score (nSPS) is 12.2. The molecular weight excluding hydrogens is 200 g/mol. The molecular formula is C10H12O3S. The zero-order chi connectivity index (χ0) is 10.8. The first kappa shape index (κ1) is 11.0. The Hall–Kier alpha value is -1.07. The minimum absolute atomic E-state index is 0.0815. The van der Waals surface area contributed by atoms with Gasteiger partial charge in [0.15, 0.2) is 0 Å². The van der Waals surface area contributed by atoms with E-state index in [1.807, 2.05) is 0 Å². The summed E-state index contributed by atoms with van der Waals surface area (Å²) in [6, 6.07) is 6.27. The largest absolute Gasteiger partial charge is 0.304 e. The molecule has 0 amide bonds. The van der Waals surface area contributed by atoms with Crippen LogP contribution in [0.2, 0.25) is 0 Å². The Morgan fingerprint density at radius 3 is 2.43 bits per heavy atom. The van der Waals surface area contributed by atoms with E-state index in [1.165, 1.54) is 12.1 Å². The fourth-order valence-corrected chi connectivity index (χ4v) is 1.53. The van der Waals surface area contributed by atoms with Gasteiger partial charge in [0.05, 0.1) is 4.90 Å². The van der Waals surface area contributed by atoms with Gasteiger partial charge in [-0.1, -0.05) is 31.4 Å². The molecule has 1 aromatic rings. The predicted molar refractivity (Wildman–Crippen MR) is 59.4 cm³/mol. The van der Waals surface area contributed by atoms with Gasteiger partial charge in [0.25, 0.3) is 0 Å². The van der Waals surface area contributed by atoms with Gasteiger partial charge in [-0.2, -0.15) is 0 Å². The first-order valence-electron chi connectivity index (χ1n) is 3.87. The second-order valence-corrected chi connectivity index (χ2v) is 4.29. The first-order valence-corrected chi connectivity index (χ1v) is 5.38. The summed E-state index contributed by atoms with van der Waals surface area (Å²) < 4.78 is 27.0. The second kappa shape index (κ2) is 3.98. The third-order valence-corrected chi connectivity index (χ3v) is 2.65. The van der Waals surface area contributed by atoms with Gasteiger partial charge in [-0.3, -0.25) is 0 Å². The van der Waals surface area contributed by atoms with E-state index in [0.29, 0.717) is 11.1 Å². The van der Waals surface area contributed by atoms with E-state index in [0.717, 1.165) is 0 Å². The van der Waals surface area contributed by atoms with E-state index < -0.39 is 10.9 Å². The van der Waals surface area contributed by atoms with Crippen LogP contribution in [0.25, 0.3) is 5.57 Å². The fourth-order valence-electron chi connectivity index (χ4n) is 0.984. The van der Waals surface area contributed by atoms with Gasteiger partial charge in [-0.15, -0.1) is 0 Å². The lowest BCUT2D eigenvalue weighted by Crippen LogP contribution is -1.96. The van der Waals surface area contributed by atoms with Crippen LogP contribution in [-0.4, -0.2) is 13.7 Å². The van der Waals surface area contributed by atoms with Gasteiger partial charge >= 0.3 is 0 Å². The molecule has 0 heterocycles. The summed E-state index contributed by atoms with van der Waals surface area (Å²) in [4.78, 5) is 0.0815. The summed E-state index contributed by atoms with van der Waals surface area (Å²) >= 11 is 0. The standard InChI is InChI=1S/C10H12O3S/c1-3-8(2)9-5-4-6-10(7-9)14(11,12)13/h3-7,11-13H,1-2H2. The van der Waals surface area contributed by atoms with Crippen molar-refractivity contribution in [3.8, 4) is 0 Å². The highest BCUT2D eigenvalue weighted by Gasteiger charge is 2.15. The minimum Gasteiger partial charge on any atom is -0.304 e. The third-order valence-electron chi connectivity index (χ3n) is 1.77. The molecule has 14 heavy (non-hydrogen) atoms. The smallest absolute Gasteiger partial charge is 0.112 e. The van der Waals surface area contributed by atoms with Crippen LogP contribution in [0.5, 0.6) is 0 Å². The first-order chi connectivity index (χ1) is 6.45. The van der Waals surface area contributed by atoms with Crippen molar-refractivity contribution >= 4 is 16.4 Å². The van der Waals surface area contributed by atoms with Crippen molar-refractivity contribution in [2.45, 2.75) is 4.90 Å². The van der Waals surface area contributed by atoms with E-state index in [-0.39, 0.29) is 4.90 Å². The van der Waals surface area contributed by atoms with Gasteiger partial charge in [-0.25, -0.2) is 0 Å². The van der Waals surface area contributed by atoms with E-state index in [4.69, 9.17) is 13.7 Å². The molecule has 0 bridgehead atoms. The summed E-state index contributed by atoms with van der Waals surface area (Å²) in [6.45, 7) is 7.26. The highest BCUT2D eigenvalue weighted by Crippen LogP contribution is 2.43. The number of rotatable bonds is 3. The molecule has 0 unspecified atom stereocenters. The maximum atomic E-state index is 9.01. The lowest BCUT2D eigenvalue weighted by atomic mass is 10.1. The molecule has 0 aliphatic heterocycles. The average Bonchev–Trinajstić information content (AvgIpc) is 2.15. The second-order valence-electron chi connectivity index (χ2n) is 2.78. The van der Waals surface area contributed by atoms with Crippen LogP contribution in [-0.2, 0) is 0 Å². The minimum atomic E-state index is -3.64. The fraction of sp³-hybridized carbons (Fsp3) is 0. The van der Waals surface area contributed by atoms with Gasteiger partial charge < -0.3 is 13.7 Å². The van der Waals surface area contributed by atoms with Gasteiger partial charge in [-0.05, 0) is 23.3 Å². The van der Waals surface area contributed by atoms with Crippen molar-refractivity contribution in [1.82, 2.24) is 0 Å². The van der Waals surface area contributed by atoms with Crippen molar-refractivity contribution in [1.29, 1.82) is 0 Å². The monoisotopic (exact) mass is 212 g/mol. The SMILES string of the molecule is C=CC(=C)c1cccc(S(O)(O)O)c1. The summed E-state index contributed by atoms with van der Waals surface area (Å²) in [5, 5.41) is 0. The summed E-state index contributed by atoms with van der Waals surface area (Å²) in [5.41, 5.74) is 1.36. The Balaban J connectivity index is 3.14. The van der Waals surface area contributed by atoms with Crippen molar-refractivity contribution in [3.63, 3.8) is 0 Å². The van der Waals surface area contributed by atoms with Crippen molar-refractivity contribution in [2.75, 3.05) is 0 Å². The van der Waals surface area contributed by atoms with Crippen molar-refractivity contribution in [2.24, 2.45) is 0 Å². The lowest BCUT2D eigenvalue weighted by molar-refractivity contribution is 0.376. The number of allylic oxidation sites excluding steroid dienone is 2. The van der Waals surface area contributed by atoms with Crippen LogP contribution in [0.3, 0.4) is 0 Å². The maximum absolute atomic E-state index is 9.01.